The molecule has 2 amide bonds. The van der Waals surface area contributed by atoms with Crippen molar-refractivity contribution >= 4 is 11.8 Å². The minimum absolute atomic E-state index is 0.00674. The van der Waals surface area contributed by atoms with Crippen LogP contribution >= 0.6 is 0 Å². The molecule has 2 aromatic carbocycles. The SMILES string of the molecule is NC(=O)[C@@H](Cc1cccc(F)c1)NC(=O)Cc1ccc(F)cc1. The lowest BCUT2D eigenvalue weighted by Gasteiger charge is -2.15. The number of hydrogen-bond donors (Lipinski definition) is 2. The molecular weight excluding hydrogens is 302 g/mol. The zero-order chi connectivity index (χ0) is 16.8. The summed E-state index contributed by atoms with van der Waals surface area (Å²) in [4.78, 5) is 23.5. The van der Waals surface area contributed by atoms with E-state index in [1.54, 1.807) is 6.07 Å². The Morgan fingerprint density at radius 3 is 2.30 bits per heavy atom. The van der Waals surface area contributed by atoms with E-state index >= 15 is 0 Å². The molecule has 0 unspecified atom stereocenters. The Morgan fingerprint density at radius 1 is 1.00 bits per heavy atom. The maximum atomic E-state index is 13.2. The second-order valence-electron chi connectivity index (χ2n) is 5.16. The first-order chi connectivity index (χ1) is 10.9. The van der Waals surface area contributed by atoms with Gasteiger partial charge in [-0.1, -0.05) is 24.3 Å². The van der Waals surface area contributed by atoms with Crippen LogP contribution in [-0.4, -0.2) is 17.9 Å². The van der Waals surface area contributed by atoms with Crippen molar-refractivity contribution in [1.82, 2.24) is 5.32 Å². The van der Waals surface area contributed by atoms with Crippen molar-refractivity contribution in [1.29, 1.82) is 0 Å². The van der Waals surface area contributed by atoms with Crippen molar-refractivity contribution in [2.24, 2.45) is 5.73 Å². The standard InChI is InChI=1S/C17H16F2N2O2/c18-13-6-4-11(5-7-13)10-16(22)21-15(17(20)23)9-12-2-1-3-14(19)8-12/h1-8,15H,9-10H2,(H2,20,23)(H,21,22)/t15-/m1/s1. The van der Waals surface area contributed by atoms with Crippen LogP contribution in [0.5, 0.6) is 0 Å². The van der Waals surface area contributed by atoms with Crippen LogP contribution in [0.1, 0.15) is 11.1 Å². The topological polar surface area (TPSA) is 72.2 Å². The summed E-state index contributed by atoms with van der Waals surface area (Å²) in [5.74, 6) is -1.95. The Balaban J connectivity index is 1.99. The summed E-state index contributed by atoms with van der Waals surface area (Å²) in [5.41, 5.74) is 6.45. The van der Waals surface area contributed by atoms with Gasteiger partial charge < -0.3 is 11.1 Å². The summed E-state index contributed by atoms with van der Waals surface area (Å²) in [6, 6.07) is 10.3. The van der Waals surface area contributed by atoms with Gasteiger partial charge in [0, 0.05) is 6.42 Å². The third-order valence-electron chi connectivity index (χ3n) is 3.29. The van der Waals surface area contributed by atoms with E-state index in [0.29, 0.717) is 11.1 Å². The molecule has 0 heterocycles. The number of nitrogens with two attached hydrogens (primary N) is 1. The summed E-state index contributed by atoms with van der Waals surface area (Å²) < 4.78 is 26.0. The summed E-state index contributed by atoms with van der Waals surface area (Å²) in [7, 11) is 0. The number of amides is 2. The highest BCUT2D eigenvalue weighted by molar-refractivity contribution is 5.87. The largest absolute Gasteiger partial charge is 0.368 e. The van der Waals surface area contributed by atoms with Gasteiger partial charge in [0.15, 0.2) is 0 Å². The fourth-order valence-electron chi connectivity index (χ4n) is 2.16. The molecule has 0 aliphatic carbocycles. The van der Waals surface area contributed by atoms with Gasteiger partial charge >= 0.3 is 0 Å². The molecule has 0 radical (unpaired) electrons. The number of benzene rings is 2. The molecule has 2 aromatic rings. The van der Waals surface area contributed by atoms with Crippen LogP contribution in [0.2, 0.25) is 0 Å². The number of halogens is 2. The highest BCUT2D eigenvalue weighted by Gasteiger charge is 2.19. The van der Waals surface area contributed by atoms with Crippen LogP contribution in [0.3, 0.4) is 0 Å². The Bertz CT molecular complexity index is 702. The first kappa shape index (κ1) is 16.6. The minimum atomic E-state index is -0.940. The van der Waals surface area contributed by atoms with Crippen molar-refractivity contribution in [3.8, 4) is 0 Å². The van der Waals surface area contributed by atoms with Crippen LogP contribution in [0.4, 0.5) is 8.78 Å². The molecule has 23 heavy (non-hydrogen) atoms. The highest BCUT2D eigenvalue weighted by atomic mass is 19.1. The number of rotatable bonds is 6. The molecular formula is C17H16F2N2O2. The predicted octanol–water partition coefficient (Wildman–Crippen LogP) is 1.72. The number of nitrogens with one attached hydrogen (secondary N) is 1. The van der Waals surface area contributed by atoms with E-state index in [0.717, 1.165) is 0 Å². The average molecular weight is 318 g/mol. The summed E-state index contributed by atoms with van der Waals surface area (Å²) in [5, 5.41) is 2.52. The third-order valence-corrected chi connectivity index (χ3v) is 3.29. The number of hydrogen-bond acceptors (Lipinski definition) is 2. The van der Waals surface area contributed by atoms with Gasteiger partial charge in [-0.05, 0) is 35.4 Å². The van der Waals surface area contributed by atoms with E-state index in [1.165, 1.54) is 42.5 Å². The Morgan fingerprint density at radius 2 is 1.70 bits per heavy atom. The lowest BCUT2D eigenvalue weighted by Crippen LogP contribution is -2.46. The van der Waals surface area contributed by atoms with Gasteiger partial charge in [0.1, 0.15) is 17.7 Å². The number of primary amides is 1. The van der Waals surface area contributed by atoms with Crippen LogP contribution in [-0.2, 0) is 22.4 Å². The Hall–Kier alpha value is -2.76. The van der Waals surface area contributed by atoms with E-state index in [2.05, 4.69) is 5.32 Å². The smallest absolute Gasteiger partial charge is 0.240 e. The van der Waals surface area contributed by atoms with Gasteiger partial charge in [-0.25, -0.2) is 8.78 Å². The molecule has 0 aliphatic rings. The predicted molar refractivity (Wildman–Crippen MR) is 81.3 cm³/mol. The fourth-order valence-corrected chi connectivity index (χ4v) is 2.16. The molecule has 0 aliphatic heterocycles. The molecule has 2 rings (SSSR count). The molecule has 4 nitrogen and oxygen atoms in total. The van der Waals surface area contributed by atoms with Gasteiger partial charge in [-0.3, -0.25) is 9.59 Å². The molecule has 0 bridgehead atoms. The molecule has 3 N–H and O–H groups in total. The van der Waals surface area contributed by atoms with E-state index in [-0.39, 0.29) is 12.8 Å². The van der Waals surface area contributed by atoms with Gasteiger partial charge in [-0.15, -0.1) is 0 Å². The quantitative estimate of drug-likeness (QED) is 0.851. The monoisotopic (exact) mass is 318 g/mol. The molecule has 0 saturated carbocycles. The summed E-state index contributed by atoms with van der Waals surface area (Å²) >= 11 is 0. The molecule has 0 aromatic heterocycles. The normalized spacial score (nSPS) is 11.7. The third kappa shape index (κ3) is 5.18. The van der Waals surface area contributed by atoms with Crippen LogP contribution in [0, 0.1) is 11.6 Å². The molecule has 0 fully saturated rings. The molecule has 120 valence electrons. The summed E-state index contributed by atoms with van der Waals surface area (Å²) in [6.45, 7) is 0. The number of carbonyl (C=O) groups excluding carboxylic acids is 2. The van der Waals surface area contributed by atoms with Gasteiger partial charge in [0.25, 0.3) is 0 Å². The van der Waals surface area contributed by atoms with Gasteiger partial charge in [0.2, 0.25) is 11.8 Å². The average Bonchev–Trinajstić information content (AvgIpc) is 2.49. The zero-order valence-electron chi connectivity index (χ0n) is 12.3. The van der Waals surface area contributed by atoms with Crippen LogP contribution < -0.4 is 11.1 Å². The number of carbonyl (C=O) groups is 2. The first-order valence-corrected chi connectivity index (χ1v) is 7.01. The second kappa shape index (κ2) is 7.49. The maximum Gasteiger partial charge on any atom is 0.240 e. The highest BCUT2D eigenvalue weighted by Crippen LogP contribution is 2.08. The lowest BCUT2D eigenvalue weighted by molar-refractivity contribution is -0.127. The molecule has 6 heteroatoms. The van der Waals surface area contributed by atoms with Crippen molar-refractivity contribution < 1.29 is 18.4 Å². The van der Waals surface area contributed by atoms with E-state index in [9.17, 15) is 18.4 Å². The van der Waals surface area contributed by atoms with Crippen LogP contribution in [0.15, 0.2) is 48.5 Å². The molecule has 1 atom stereocenters. The second-order valence-corrected chi connectivity index (χ2v) is 5.16. The van der Waals surface area contributed by atoms with Crippen molar-refractivity contribution in [3.63, 3.8) is 0 Å². The van der Waals surface area contributed by atoms with Crippen molar-refractivity contribution in [2.75, 3.05) is 0 Å². The maximum absolute atomic E-state index is 13.2. The zero-order valence-corrected chi connectivity index (χ0v) is 12.3. The van der Waals surface area contributed by atoms with Gasteiger partial charge in [0.05, 0.1) is 6.42 Å². The lowest BCUT2D eigenvalue weighted by atomic mass is 10.0. The van der Waals surface area contributed by atoms with E-state index < -0.39 is 29.5 Å². The van der Waals surface area contributed by atoms with E-state index in [1.807, 2.05) is 0 Å². The minimum Gasteiger partial charge on any atom is -0.368 e. The fraction of sp³-hybridized carbons (Fsp3) is 0.176. The molecule has 0 saturated heterocycles. The van der Waals surface area contributed by atoms with Gasteiger partial charge in [-0.2, -0.15) is 0 Å². The Kier molecular flexibility index (Phi) is 5.41. The van der Waals surface area contributed by atoms with Crippen LogP contribution in [0.25, 0.3) is 0 Å². The van der Waals surface area contributed by atoms with Crippen molar-refractivity contribution in [3.05, 3.63) is 71.3 Å². The van der Waals surface area contributed by atoms with E-state index in [4.69, 9.17) is 5.73 Å². The molecule has 0 spiro atoms. The Labute approximate surface area is 132 Å². The van der Waals surface area contributed by atoms with Crippen molar-refractivity contribution in [2.45, 2.75) is 18.9 Å². The first-order valence-electron chi connectivity index (χ1n) is 7.01. The summed E-state index contributed by atoms with van der Waals surface area (Å²) in [6.07, 6.45) is 0.0927.